The van der Waals surface area contributed by atoms with Gasteiger partial charge in [-0.25, -0.2) is 5.01 Å². The quantitative estimate of drug-likeness (QED) is 0.205. The van der Waals surface area contributed by atoms with Gasteiger partial charge in [0.05, 0.1) is 11.4 Å². The number of rotatable bonds is 5. The number of halogens is 1. The van der Waals surface area contributed by atoms with Gasteiger partial charge in [0.15, 0.2) is 10.2 Å². The van der Waals surface area contributed by atoms with E-state index in [9.17, 15) is 9.59 Å². The smallest absolute Gasteiger partial charge is 0.284 e. The number of nitrogens with one attached hydrogen (secondary N) is 1. The van der Waals surface area contributed by atoms with Gasteiger partial charge in [0.2, 0.25) is 0 Å². The number of para-hydroxylation sites is 3. The Bertz CT molecular complexity index is 1660. The van der Waals surface area contributed by atoms with Gasteiger partial charge < -0.3 is 5.32 Å². The summed E-state index contributed by atoms with van der Waals surface area (Å²) in [6, 6.07) is 34.8. The molecule has 4 aromatic carbocycles. The van der Waals surface area contributed by atoms with Crippen LogP contribution in [-0.2, 0) is 9.59 Å². The lowest BCUT2D eigenvalue weighted by Crippen LogP contribution is -2.32. The number of hydrazone groups is 1. The molecule has 0 radical (unpaired) electrons. The van der Waals surface area contributed by atoms with Crippen molar-refractivity contribution in [3.63, 3.8) is 0 Å². The topological polar surface area (TPSA) is 68.2 Å². The van der Waals surface area contributed by atoms with Gasteiger partial charge in [-0.3, -0.25) is 19.4 Å². The molecule has 0 aromatic heterocycles. The molecule has 0 spiro atoms. The first-order valence-corrected chi connectivity index (χ1v) is 13.8. The van der Waals surface area contributed by atoms with E-state index in [2.05, 4.69) is 10.4 Å². The average Bonchev–Trinajstić information content (AvgIpc) is 3.53. The summed E-state index contributed by atoms with van der Waals surface area (Å²) in [7, 11) is 0. The van der Waals surface area contributed by atoms with Gasteiger partial charge in [0, 0.05) is 16.4 Å². The SMILES string of the molecule is O=C(Nc1ccccc1)C1=NN(c2ccc(Cl)cc2)/C(=C2\C(=O)N(c3ccccc3)C(=S)N2c2ccccc2)S1. The summed E-state index contributed by atoms with van der Waals surface area (Å²) in [6.07, 6.45) is 0. The second kappa shape index (κ2) is 11.0. The van der Waals surface area contributed by atoms with E-state index in [1.807, 2.05) is 78.9 Å². The van der Waals surface area contributed by atoms with Crippen molar-refractivity contribution < 1.29 is 9.59 Å². The van der Waals surface area contributed by atoms with Crippen LogP contribution < -0.4 is 20.1 Å². The van der Waals surface area contributed by atoms with Crippen molar-refractivity contribution in [3.8, 4) is 0 Å². The van der Waals surface area contributed by atoms with E-state index in [0.29, 0.717) is 37.9 Å². The Balaban J connectivity index is 1.49. The van der Waals surface area contributed by atoms with Gasteiger partial charge in [-0.15, -0.1) is 0 Å². The van der Waals surface area contributed by atoms with Crippen LogP contribution in [0.4, 0.5) is 22.7 Å². The summed E-state index contributed by atoms with van der Waals surface area (Å²) >= 11 is 13.2. The third kappa shape index (κ3) is 4.86. The molecule has 7 nitrogen and oxygen atoms in total. The molecule has 4 aromatic rings. The van der Waals surface area contributed by atoms with E-state index < -0.39 is 5.91 Å². The van der Waals surface area contributed by atoms with Crippen molar-refractivity contribution in [2.75, 3.05) is 20.1 Å². The van der Waals surface area contributed by atoms with E-state index in [4.69, 9.17) is 23.8 Å². The number of carbonyl (C=O) groups is 2. The van der Waals surface area contributed by atoms with Gasteiger partial charge >= 0.3 is 0 Å². The second-order valence-corrected chi connectivity index (χ2v) is 10.5. The van der Waals surface area contributed by atoms with Gasteiger partial charge in [-0.2, -0.15) is 5.10 Å². The molecular formula is C30H20ClN5O2S2. The molecule has 40 heavy (non-hydrogen) atoms. The molecule has 1 N–H and O–H groups in total. The molecule has 1 saturated heterocycles. The maximum atomic E-state index is 14.2. The van der Waals surface area contributed by atoms with Crippen LogP contribution in [-0.4, -0.2) is 22.0 Å². The van der Waals surface area contributed by atoms with Crippen LogP contribution >= 0.6 is 35.6 Å². The number of hydrogen-bond acceptors (Lipinski definition) is 6. The van der Waals surface area contributed by atoms with Crippen molar-refractivity contribution in [2.45, 2.75) is 0 Å². The molecule has 2 heterocycles. The fraction of sp³-hybridized carbons (Fsp3) is 0. The Hall–Kier alpha value is -4.44. The molecule has 6 rings (SSSR count). The molecule has 0 atom stereocenters. The molecule has 1 fully saturated rings. The molecule has 2 aliphatic heterocycles. The highest BCUT2D eigenvalue weighted by Gasteiger charge is 2.45. The average molecular weight is 582 g/mol. The maximum absolute atomic E-state index is 14.2. The molecule has 2 aliphatic rings. The summed E-state index contributed by atoms with van der Waals surface area (Å²) in [5, 5.41) is 10.6. The Morgan fingerprint density at radius 2 is 1.30 bits per heavy atom. The predicted octanol–water partition coefficient (Wildman–Crippen LogP) is 6.85. The normalized spacial score (nSPS) is 16.9. The van der Waals surface area contributed by atoms with Crippen LogP contribution in [0.1, 0.15) is 0 Å². The van der Waals surface area contributed by atoms with Crippen molar-refractivity contribution in [2.24, 2.45) is 5.10 Å². The molecule has 0 aliphatic carbocycles. The number of hydrogen-bond donors (Lipinski definition) is 1. The van der Waals surface area contributed by atoms with Crippen molar-refractivity contribution in [1.82, 2.24) is 0 Å². The van der Waals surface area contributed by atoms with Crippen LogP contribution in [0.3, 0.4) is 0 Å². The number of anilines is 4. The summed E-state index contributed by atoms with van der Waals surface area (Å²) in [4.78, 5) is 30.8. The maximum Gasteiger partial charge on any atom is 0.284 e. The van der Waals surface area contributed by atoms with Crippen LogP contribution in [0.25, 0.3) is 0 Å². The molecule has 0 unspecified atom stereocenters. The monoisotopic (exact) mass is 581 g/mol. The van der Waals surface area contributed by atoms with Gasteiger partial charge in [0.25, 0.3) is 11.8 Å². The van der Waals surface area contributed by atoms with Crippen molar-refractivity contribution >= 4 is 80.3 Å². The van der Waals surface area contributed by atoms with E-state index in [1.54, 1.807) is 46.3 Å². The third-order valence-corrected chi connectivity index (χ3v) is 7.75. The minimum Gasteiger partial charge on any atom is -0.320 e. The zero-order valence-electron chi connectivity index (χ0n) is 20.8. The number of amides is 2. The molecular weight excluding hydrogens is 562 g/mol. The fourth-order valence-corrected chi connectivity index (χ4v) is 5.76. The van der Waals surface area contributed by atoms with E-state index >= 15 is 0 Å². The first kappa shape index (κ1) is 25.8. The lowest BCUT2D eigenvalue weighted by molar-refractivity contribution is -0.113. The zero-order chi connectivity index (χ0) is 27.6. The van der Waals surface area contributed by atoms with Crippen LogP contribution in [0.2, 0.25) is 5.02 Å². The fourth-order valence-electron chi connectivity index (χ4n) is 4.29. The van der Waals surface area contributed by atoms with Crippen LogP contribution in [0.15, 0.2) is 131 Å². The standard InChI is InChI=1S/C30H20ClN5O2S2/c31-20-16-18-24(19-17-20)36-29(40-27(33-36)26(37)32-21-10-4-1-5-11-21)25-28(38)35(23-14-8-3-9-15-23)30(39)34(25)22-12-6-2-7-13-22/h1-19H,(H,32,37)/b29-25-. The van der Waals surface area contributed by atoms with Crippen molar-refractivity contribution in [3.05, 3.63) is 131 Å². The van der Waals surface area contributed by atoms with E-state index in [-0.39, 0.29) is 16.6 Å². The minimum atomic E-state index is -0.398. The largest absolute Gasteiger partial charge is 0.320 e. The number of nitrogens with zero attached hydrogens (tertiary/aromatic N) is 4. The zero-order valence-corrected chi connectivity index (χ0v) is 23.2. The minimum absolute atomic E-state index is 0.172. The van der Waals surface area contributed by atoms with Gasteiger partial charge in [-0.1, -0.05) is 66.2 Å². The van der Waals surface area contributed by atoms with Crippen molar-refractivity contribution in [1.29, 1.82) is 0 Å². The second-order valence-electron chi connectivity index (χ2n) is 8.70. The Labute approximate surface area is 245 Å². The summed E-state index contributed by atoms with van der Waals surface area (Å²) in [6.45, 7) is 0. The van der Waals surface area contributed by atoms with Gasteiger partial charge in [0.1, 0.15) is 10.7 Å². The summed E-state index contributed by atoms with van der Waals surface area (Å²) in [5.74, 6) is -0.730. The first-order valence-electron chi connectivity index (χ1n) is 12.2. The number of carbonyl (C=O) groups excluding carboxylic acids is 2. The number of thioether (sulfide) groups is 1. The number of thiocarbonyl (C=S) groups is 1. The molecule has 196 valence electrons. The predicted molar refractivity (Wildman–Crippen MR) is 167 cm³/mol. The Kier molecular flexibility index (Phi) is 7.08. The lowest BCUT2D eigenvalue weighted by Gasteiger charge is -2.23. The van der Waals surface area contributed by atoms with E-state index in [1.165, 1.54) is 4.90 Å². The molecule has 2 amide bonds. The third-order valence-electron chi connectivity index (χ3n) is 6.12. The van der Waals surface area contributed by atoms with Gasteiger partial charge in [-0.05, 0) is 84.6 Å². The Morgan fingerprint density at radius 3 is 1.90 bits per heavy atom. The summed E-state index contributed by atoms with van der Waals surface area (Å²) < 4.78 is 0. The highest BCUT2D eigenvalue weighted by Crippen LogP contribution is 2.43. The van der Waals surface area contributed by atoms with Crippen LogP contribution in [0.5, 0.6) is 0 Å². The number of benzene rings is 4. The lowest BCUT2D eigenvalue weighted by atomic mass is 10.2. The summed E-state index contributed by atoms with van der Waals surface area (Å²) in [5.41, 5.74) is 2.89. The highest BCUT2D eigenvalue weighted by atomic mass is 35.5. The Morgan fingerprint density at radius 1 is 0.750 bits per heavy atom. The highest BCUT2D eigenvalue weighted by molar-refractivity contribution is 8.19. The first-order chi connectivity index (χ1) is 19.5. The molecule has 10 heteroatoms. The molecule has 0 bridgehead atoms. The van der Waals surface area contributed by atoms with Crippen LogP contribution in [0, 0.1) is 0 Å². The van der Waals surface area contributed by atoms with E-state index in [0.717, 1.165) is 11.8 Å². The molecule has 0 saturated carbocycles.